The number of aliphatic hydroxyl groups is 1. The van der Waals surface area contributed by atoms with Gasteiger partial charge in [-0.15, -0.1) is 0 Å². The number of carbonyl (C=O) groups is 4. The molecule has 0 radical (unpaired) electrons. The molecule has 0 spiro atoms. The summed E-state index contributed by atoms with van der Waals surface area (Å²) in [6.45, 7) is 5.04. The number of nitrogens with one attached hydrogen (secondary N) is 2. The van der Waals surface area contributed by atoms with E-state index < -0.39 is 47.9 Å². The van der Waals surface area contributed by atoms with Gasteiger partial charge in [-0.2, -0.15) is 0 Å². The minimum Gasteiger partial charge on any atom is -0.386 e. The lowest BCUT2D eigenvalue weighted by molar-refractivity contribution is -0.153. The Bertz CT molecular complexity index is 813. The van der Waals surface area contributed by atoms with Crippen molar-refractivity contribution in [1.29, 1.82) is 0 Å². The lowest BCUT2D eigenvalue weighted by Gasteiger charge is -2.38. The SMILES string of the molecule is CC(C)C[C@@H]1NC(=O)CNC(=O)[C@@H](C)N(C)C(=O)[C@H]([C@@H](O)c2ccccc2)N(C)C1=O. The van der Waals surface area contributed by atoms with Crippen LogP contribution in [-0.4, -0.2) is 77.3 Å². The standard InChI is InChI=1S/C22H32N4O5/c1-13(2)11-16-21(30)26(5)18(19(28)15-9-7-6-8-10-15)22(31)25(4)14(3)20(29)23-12-17(27)24-16/h6-10,13-14,16,18-19,28H,11-12H2,1-5H3,(H,23,29)(H,24,27)/t14-,16+,18+,19+/m1/s1. The zero-order valence-electron chi connectivity index (χ0n) is 18.7. The van der Waals surface area contributed by atoms with Gasteiger partial charge in [-0.05, 0) is 24.8 Å². The fourth-order valence-electron chi connectivity index (χ4n) is 3.56. The molecule has 4 amide bonds. The van der Waals surface area contributed by atoms with Gasteiger partial charge in [-0.1, -0.05) is 44.2 Å². The van der Waals surface area contributed by atoms with E-state index >= 15 is 0 Å². The second-order valence-corrected chi connectivity index (χ2v) is 8.34. The molecule has 1 saturated heterocycles. The molecule has 170 valence electrons. The van der Waals surface area contributed by atoms with Crippen molar-refractivity contribution in [3.8, 4) is 0 Å². The Morgan fingerprint density at radius 3 is 2.23 bits per heavy atom. The summed E-state index contributed by atoms with van der Waals surface area (Å²) in [4.78, 5) is 53.9. The Labute approximate surface area is 182 Å². The van der Waals surface area contributed by atoms with Gasteiger partial charge in [0.25, 0.3) is 0 Å². The first-order chi connectivity index (χ1) is 14.5. The molecule has 9 nitrogen and oxygen atoms in total. The van der Waals surface area contributed by atoms with Crippen molar-refractivity contribution in [2.24, 2.45) is 5.92 Å². The molecule has 0 aliphatic carbocycles. The molecular weight excluding hydrogens is 400 g/mol. The van der Waals surface area contributed by atoms with Gasteiger partial charge in [0.1, 0.15) is 24.2 Å². The second-order valence-electron chi connectivity index (χ2n) is 8.34. The maximum atomic E-state index is 13.4. The number of aliphatic hydroxyl groups excluding tert-OH is 1. The summed E-state index contributed by atoms with van der Waals surface area (Å²) in [6.07, 6.45) is -0.976. The first-order valence-corrected chi connectivity index (χ1v) is 10.4. The summed E-state index contributed by atoms with van der Waals surface area (Å²) in [6, 6.07) is 5.48. The van der Waals surface area contributed by atoms with Crippen LogP contribution in [0.4, 0.5) is 0 Å². The first kappa shape index (κ1) is 24.3. The van der Waals surface area contributed by atoms with Crippen LogP contribution < -0.4 is 10.6 Å². The predicted octanol–water partition coefficient (Wildman–Crippen LogP) is 0.0546. The van der Waals surface area contributed by atoms with Crippen LogP contribution in [0.2, 0.25) is 0 Å². The van der Waals surface area contributed by atoms with E-state index in [-0.39, 0.29) is 12.5 Å². The summed E-state index contributed by atoms with van der Waals surface area (Å²) in [7, 11) is 2.87. The van der Waals surface area contributed by atoms with Crippen molar-refractivity contribution >= 4 is 23.6 Å². The minimum absolute atomic E-state index is 0.0843. The topological polar surface area (TPSA) is 119 Å². The fraction of sp³-hybridized carbons (Fsp3) is 0.545. The maximum Gasteiger partial charge on any atom is 0.248 e. The Morgan fingerprint density at radius 2 is 1.65 bits per heavy atom. The zero-order valence-corrected chi connectivity index (χ0v) is 18.7. The Morgan fingerprint density at radius 1 is 1.03 bits per heavy atom. The number of nitrogens with zero attached hydrogens (tertiary/aromatic N) is 2. The number of amides is 4. The van der Waals surface area contributed by atoms with Crippen LogP contribution in [-0.2, 0) is 19.2 Å². The number of rotatable bonds is 4. The summed E-state index contributed by atoms with van der Waals surface area (Å²) < 4.78 is 0. The first-order valence-electron chi connectivity index (χ1n) is 10.4. The number of carbonyl (C=O) groups excluding carboxylic acids is 4. The van der Waals surface area contributed by atoms with E-state index in [2.05, 4.69) is 10.6 Å². The lowest BCUT2D eigenvalue weighted by Crippen LogP contribution is -2.60. The van der Waals surface area contributed by atoms with E-state index in [1.165, 1.54) is 30.8 Å². The number of benzene rings is 1. The highest BCUT2D eigenvalue weighted by Gasteiger charge is 2.41. The maximum absolute atomic E-state index is 13.4. The summed E-state index contributed by atoms with van der Waals surface area (Å²) in [5.41, 5.74) is 0.461. The summed E-state index contributed by atoms with van der Waals surface area (Å²) in [5, 5.41) is 16.2. The average Bonchev–Trinajstić information content (AvgIpc) is 2.74. The van der Waals surface area contributed by atoms with Crippen LogP contribution in [0.1, 0.15) is 38.9 Å². The van der Waals surface area contributed by atoms with Crippen molar-refractivity contribution in [2.75, 3.05) is 20.6 Å². The van der Waals surface area contributed by atoms with E-state index in [4.69, 9.17) is 0 Å². The molecule has 0 aromatic heterocycles. The second kappa shape index (κ2) is 10.4. The molecular formula is C22H32N4O5. The van der Waals surface area contributed by atoms with Crippen molar-refractivity contribution in [3.05, 3.63) is 35.9 Å². The number of hydrogen-bond acceptors (Lipinski definition) is 5. The molecule has 31 heavy (non-hydrogen) atoms. The Kier molecular flexibility index (Phi) is 8.15. The molecule has 0 unspecified atom stereocenters. The van der Waals surface area contributed by atoms with Crippen LogP contribution in [0.3, 0.4) is 0 Å². The van der Waals surface area contributed by atoms with Crippen molar-refractivity contribution in [1.82, 2.24) is 20.4 Å². The third-order valence-corrected chi connectivity index (χ3v) is 5.53. The van der Waals surface area contributed by atoms with E-state index in [0.717, 1.165) is 0 Å². The Hall–Kier alpha value is -2.94. The smallest absolute Gasteiger partial charge is 0.248 e. The molecule has 1 aliphatic heterocycles. The normalized spacial score (nSPS) is 24.9. The van der Waals surface area contributed by atoms with Crippen LogP contribution in [0, 0.1) is 5.92 Å². The predicted molar refractivity (Wildman–Crippen MR) is 115 cm³/mol. The fourth-order valence-corrected chi connectivity index (χ4v) is 3.56. The van der Waals surface area contributed by atoms with Crippen LogP contribution in [0.5, 0.6) is 0 Å². The molecule has 0 bridgehead atoms. The van der Waals surface area contributed by atoms with Gasteiger partial charge in [0, 0.05) is 14.1 Å². The van der Waals surface area contributed by atoms with Gasteiger partial charge in [0.2, 0.25) is 23.6 Å². The van der Waals surface area contributed by atoms with Crippen LogP contribution in [0.25, 0.3) is 0 Å². The van der Waals surface area contributed by atoms with Crippen molar-refractivity contribution < 1.29 is 24.3 Å². The molecule has 1 fully saturated rings. The zero-order chi connectivity index (χ0) is 23.3. The minimum atomic E-state index is -1.32. The molecule has 2 rings (SSSR count). The van der Waals surface area contributed by atoms with Crippen LogP contribution >= 0.6 is 0 Å². The third kappa shape index (κ3) is 5.81. The highest BCUT2D eigenvalue weighted by molar-refractivity contribution is 5.96. The third-order valence-electron chi connectivity index (χ3n) is 5.53. The number of hydrogen-bond donors (Lipinski definition) is 3. The molecule has 1 aromatic rings. The highest BCUT2D eigenvalue weighted by atomic mass is 16.3. The molecule has 9 heteroatoms. The molecule has 4 atom stereocenters. The van der Waals surface area contributed by atoms with E-state index in [9.17, 15) is 24.3 Å². The molecule has 0 saturated carbocycles. The van der Waals surface area contributed by atoms with Crippen molar-refractivity contribution in [2.45, 2.75) is 51.4 Å². The van der Waals surface area contributed by atoms with E-state index in [0.29, 0.717) is 12.0 Å². The van der Waals surface area contributed by atoms with Gasteiger partial charge >= 0.3 is 0 Å². The monoisotopic (exact) mass is 432 g/mol. The largest absolute Gasteiger partial charge is 0.386 e. The summed E-state index contributed by atoms with van der Waals surface area (Å²) in [5.74, 6) is -1.98. The Balaban J connectivity index is 2.51. The molecule has 1 aliphatic rings. The van der Waals surface area contributed by atoms with Gasteiger partial charge in [-0.3, -0.25) is 19.2 Å². The number of likely N-dealkylation sites (N-methyl/N-ethyl adjacent to an activating group) is 2. The molecule has 3 N–H and O–H groups in total. The van der Waals surface area contributed by atoms with Crippen LogP contribution in [0.15, 0.2) is 30.3 Å². The van der Waals surface area contributed by atoms with E-state index in [1.54, 1.807) is 30.3 Å². The van der Waals surface area contributed by atoms with Gasteiger partial charge in [0.05, 0.1) is 6.54 Å². The average molecular weight is 433 g/mol. The molecule has 1 heterocycles. The van der Waals surface area contributed by atoms with Gasteiger partial charge in [-0.25, -0.2) is 0 Å². The van der Waals surface area contributed by atoms with E-state index in [1.807, 2.05) is 13.8 Å². The quantitative estimate of drug-likeness (QED) is 0.621. The van der Waals surface area contributed by atoms with Gasteiger partial charge in [0.15, 0.2) is 0 Å². The van der Waals surface area contributed by atoms with Crippen molar-refractivity contribution in [3.63, 3.8) is 0 Å². The highest BCUT2D eigenvalue weighted by Crippen LogP contribution is 2.24. The summed E-state index contributed by atoms with van der Waals surface area (Å²) >= 11 is 0. The van der Waals surface area contributed by atoms with Gasteiger partial charge < -0.3 is 25.5 Å². The lowest BCUT2D eigenvalue weighted by atomic mass is 9.97. The molecule has 1 aromatic carbocycles.